The summed E-state index contributed by atoms with van der Waals surface area (Å²) in [6.45, 7) is 7.94. The smallest absolute Gasteiger partial charge is 0.0990 e. The molecule has 0 fully saturated rings. The lowest BCUT2D eigenvalue weighted by molar-refractivity contribution is 0.425. The van der Waals surface area contributed by atoms with E-state index in [1.807, 2.05) is 0 Å². The van der Waals surface area contributed by atoms with Gasteiger partial charge < -0.3 is 4.90 Å². The molecule has 0 saturated heterocycles. The molecule has 2 nitrogen and oxygen atoms in total. The molecule has 0 aromatic heterocycles. The summed E-state index contributed by atoms with van der Waals surface area (Å²) in [6.07, 6.45) is 45.4. The molecule has 1 atom stereocenters. The van der Waals surface area contributed by atoms with Crippen LogP contribution in [0.3, 0.4) is 0 Å². The second-order valence-corrected chi connectivity index (χ2v) is 14.5. The summed E-state index contributed by atoms with van der Waals surface area (Å²) in [7, 11) is 0. The second kappa shape index (κ2) is 32.2. The molecule has 1 heterocycles. The first-order valence-electron chi connectivity index (χ1n) is 19.7. The highest BCUT2D eigenvalue weighted by Gasteiger charge is 2.17. The number of thiol groups is 1. The Kier molecular flexibility index (Phi) is 30.6. The SMILES string of the molecule is CCCCCCCCCCCCCCCCCC(S)CCN1CCN=C1CCCCCCCCCCCCCCCC. The summed E-state index contributed by atoms with van der Waals surface area (Å²) in [4.78, 5) is 7.44. The van der Waals surface area contributed by atoms with Crippen LogP contribution in [0.5, 0.6) is 0 Å². The topological polar surface area (TPSA) is 15.6 Å². The van der Waals surface area contributed by atoms with E-state index >= 15 is 0 Å². The van der Waals surface area contributed by atoms with Gasteiger partial charge in [-0.15, -0.1) is 0 Å². The van der Waals surface area contributed by atoms with Gasteiger partial charge in [0.15, 0.2) is 0 Å². The third kappa shape index (κ3) is 26.2. The van der Waals surface area contributed by atoms with Crippen LogP contribution >= 0.6 is 12.6 Å². The third-order valence-corrected chi connectivity index (χ3v) is 10.2. The van der Waals surface area contributed by atoms with Crippen molar-refractivity contribution >= 4 is 18.5 Å². The van der Waals surface area contributed by atoms with Crippen molar-refractivity contribution in [1.82, 2.24) is 4.90 Å². The molecule has 1 rings (SSSR count). The van der Waals surface area contributed by atoms with Crippen LogP contribution in [0.15, 0.2) is 4.99 Å². The van der Waals surface area contributed by atoms with E-state index in [0.717, 1.165) is 13.1 Å². The average molecular weight is 607 g/mol. The Balaban J connectivity index is 1.85. The van der Waals surface area contributed by atoms with E-state index in [2.05, 4.69) is 18.7 Å². The molecule has 0 aromatic carbocycles. The van der Waals surface area contributed by atoms with Gasteiger partial charge in [0.2, 0.25) is 0 Å². The molecule has 0 amide bonds. The predicted octanol–water partition coefficient (Wildman–Crippen LogP) is 13.5. The van der Waals surface area contributed by atoms with Gasteiger partial charge in [0.1, 0.15) is 0 Å². The number of rotatable bonds is 34. The molecule has 1 aliphatic rings. The maximum atomic E-state index is 4.95. The van der Waals surface area contributed by atoms with Crippen molar-refractivity contribution in [3.63, 3.8) is 0 Å². The molecule has 42 heavy (non-hydrogen) atoms. The van der Waals surface area contributed by atoms with Gasteiger partial charge in [0.25, 0.3) is 0 Å². The van der Waals surface area contributed by atoms with Crippen molar-refractivity contribution in [2.75, 3.05) is 19.6 Å². The number of aliphatic imine (C=N–C) groups is 1. The minimum Gasteiger partial charge on any atom is -0.358 e. The monoisotopic (exact) mass is 607 g/mol. The van der Waals surface area contributed by atoms with E-state index in [1.165, 1.54) is 218 Å². The Hall–Kier alpha value is -0.180. The van der Waals surface area contributed by atoms with Crippen LogP contribution in [0.1, 0.15) is 219 Å². The maximum absolute atomic E-state index is 4.95. The number of hydrogen-bond acceptors (Lipinski definition) is 3. The number of unbranched alkanes of at least 4 members (excludes halogenated alkanes) is 27. The normalized spacial score (nSPS) is 14.2. The Labute approximate surface area is 271 Å². The predicted molar refractivity (Wildman–Crippen MR) is 196 cm³/mol. The Morgan fingerprint density at radius 2 is 0.857 bits per heavy atom. The van der Waals surface area contributed by atoms with Gasteiger partial charge >= 0.3 is 0 Å². The fourth-order valence-electron chi connectivity index (χ4n) is 6.68. The number of amidine groups is 1. The minimum absolute atomic E-state index is 0.565. The van der Waals surface area contributed by atoms with Crippen LogP contribution in [0.25, 0.3) is 0 Å². The molecule has 0 N–H and O–H groups in total. The molecule has 1 unspecified atom stereocenters. The standard InChI is InChI=1S/C39H78N2S/c1-3-5-7-9-11-13-15-17-19-20-22-24-26-28-30-32-38(42)34-36-41-37-35-40-39(41)33-31-29-27-25-23-21-18-16-14-12-10-8-6-4-2/h38,42H,3-37H2,1-2H3. The highest BCUT2D eigenvalue weighted by atomic mass is 32.1. The van der Waals surface area contributed by atoms with Gasteiger partial charge in [-0.2, -0.15) is 12.6 Å². The zero-order valence-corrected chi connectivity index (χ0v) is 30.1. The third-order valence-electron chi connectivity index (χ3n) is 9.66. The van der Waals surface area contributed by atoms with Gasteiger partial charge in [-0.05, 0) is 19.3 Å². The lowest BCUT2D eigenvalue weighted by atomic mass is 10.0. The average Bonchev–Trinajstić information content (AvgIpc) is 3.45. The lowest BCUT2D eigenvalue weighted by Crippen LogP contribution is -2.30. The van der Waals surface area contributed by atoms with Crippen molar-refractivity contribution < 1.29 is 0 Å². The molecule has 3 heteroatoms. The van der Waals surface area contributed by atoms with Crippen molar-refractivity contribution in [3.8, 4) is 0 Å². The maximum Gasteiger partial charge on any atom is 0.0990 e. The molecular weight excluding hydrogens is 529 g/mol. The van der Waals surface area contributed by atoms with Crippen LogP contribution in [0, 0.1) is 0 Å². The molecule has 0 aromatic rings. The second-order valence-electron chi connectivity index (χ2n) is 13.8. The first-order valence-corrected chi connectivity index (χ1v) is 20.3. The highest BCUT2D eigenvalue weighted by Crippen LogP contribution is 2.19. The van der Waals surface area contributed by atoms with Crippen molar-refractivity contribution in [1.29, 1.82) is 0 Å². The van der Waals surface area contributed by atoms with Gasteiger partial charge in [-0.25, -0.2) is 0 Å². The van der Waals surface area contributed by atoms with E-state index in [4.69, 9.17) is 17.6 Å². The first-order chi connectivity index (χ1) is 20.8. The van der Waals surface area contributed by atoms with E-state index in [9.17, 15) is 0 Å². The van der Waals surface area contributed by atoms with E-state index < -0.39 is 0 Å². The van der Waals surface area contributed by atoms with Gasteiger partial charge in [0, 0.05) is 24.8 Å². The van der Waals surface area contributed by atoms with E-state index in [1.54, 1.807) is 0 Å². The molecular formula is C39H78N2S. The Morgan fingerprint density at radius 1 is 0.500 bits per heavy atom. The molecule has 0 bridgehead atoms. The van der Waals surface area contributed by atoms with Crippen LogP contribution in [0.4, 0.5) is 0 Å². The summed E-state index contributed by atoms with van der Waals surface area (Å²) < 4.78 is 0. The van der Waals surface area contributed by atoms with Crippen LogP contribution in [0.2, 0.25) is 0 Å². The van der Waals surface area contributed by atoms with Crippen molar-refractivity contribution in [2.45, 2.75) is 225 Å². The largest absolute Gasteiger partial charge is 0.358 e. The zero-order chi connectivity index (χ0) is 30.2. The van der Waals surface area contributed by atoms with E-state index in [0.29, 0.717) is 5.25 Å². The van der Waals surface area contributed by atoms with E-state index in [-0.39, 0.29) is 0 Å². The molecule has 0 saturated carbocycles. The Morgan fingerprint density at radius 3 is 1.26 bits per heavy atom. The van der Waals surface area contributed by atoms with Crippen LogP contribution in [-0.2, 0) is 0 Å². The summed E-state index contributed by atoms with van der Waals surface area (Å²) in [6, 6.07) is 0. The summed E-state index contributed by atoms with van der Waals surface area (Å²) in [5, 5.41) is 0.565. The van der Waals surface area contributed by atoms with Crippen LogP contribution in [-0.4, -0.2) is 35.6 Å². The Bertz CT molecular complexity index is 563. The molecule has 1 aliphatic heterocycles. The lowest BCUT2D eigenvalue weighted by Gasteiger charge is -2.22. The molecule has 250 valence electrons. The number of hydrogen-bond donors (Lipinski definition) is 1. The number of nitrogens with zero attached hydrogens (tertiary/aromatic N) is 2. The van der Waals surface area contributed by atoms with Gasteiger partial charge in [-0.3, -0.25) is 4.99 Å². The fourth-order valence-corrected chi connectivity index (χ4v) is 6.98. The molecule has 0 radical (unpaired) electrons. The molecule has 0 aliphatic carbocycles. The van der Waals surface area contributed by atoms with Crippen molar-refractivity contribution in [3.05, 3.63) is 0 Å². The van der Waals surface area contributed by atoms with Gasteiger partial charge in [0.05, 0.1) is 12.4 Å². The zero-order valence-electron chi connectivity index (χ0n) is 29.2. The first kappa shape index (κ1) is 39.8. The quantitative estimate of drug-likeness (QED) is 0.0569. The molecule has 0 spiro atoms. The van der Waals surface area contributed by atoms with Gasteiger partial charge in [-0.1, -0.05) is 194 Å². The van der Waals surface area contributed by atoms with Crippen LogP contribution < -0.4 is 0 Å². The summed E-state index contributed by atoms with van der Waals surface area (Å²) >= 11 is 4.95. The summed E-state index contributed by atoms with van der Waals surface area (Å²) in [5.74, 6) is 1.40. The fraction of sp³-hybridized carbons (Fsp3) is 0.974. The van der Waals surface area contributed by atoms with Crippen molar-refractivity contribution in [2.24, 2.45) is 4.99 Å². The summed E-state index contributed by atoms with van der Waals surface area (Å²) in [5.41, 5.74) is 0. The highest BCUT2D eigenvalue weighted by molar-refractivity contribution is 7.80. The minimum atomic E-state index is 0.565.